The van der Waals surface area contributed by atoms with E-state index in [1.807, 2.05) is 0 Å². The van der Waals surface area contributed by atoms with Gasteiger partial charge in [-0.25, -0.2) is 0 Å². The van der Waals surface area contributed by atoms with Crippen LogP contribution < -0.4 is 0 Å². The Morgan fingerprint density at radius 1 is 0.900 bits per heavy atom. The maximum Gasteiger partial charge on any atom is 0.391 e. The molecule has 0 amide bonds. The molecule has 174 valence electrons. The normalized spacial score (nSPS) is 46.4. The Kier molecular flexibility index (Phi) is 6.22. The minimum absolute atomic E-state index is 0.0647. The molecule has 4 fully saturated rings. The smallest absolute Gasteiger partial charge is 0.323 e. The van der Waals surface area contributed by atoms with Crippen LogP contribution in [0.5, 0.6) is 0 Å². The first-order valence-corrected chi connectivity index (χ1v) is 12.0. The minimum atomic E-state index is -4.05. The lowest BCUT2D eigenvalue weighted by molar-refractivity contribution is -0.208. The van der Waals surface area contributed by atoms with E-state index in [0.717, 1.165) is 44.9 Å². The van der Waals surface area contributed by atoms with Gasteiger partial charge in [-0.2, -0.15) is 22.0 Å². The molecule has 6 heteroatoms. The molecule has 0 N–H and O–H groups in total. The quantitative estimate of drug-likeness (QED) is 0.315. The average Bonchev–Trinajstić information content (AvgIpc) is 3.00. The van der Waals surface area contributed by atoms with Crippen LogP contribution >= 0.6 is 0 Å². The fourth-order valence-electron chi connectivity index (χ4n) is 8.64. The number of alkyl halides is 5. The second-order valence-corrected chi connectivity index (χ2v) is 11.3. The maximum absolute atomic E-state index is 13.3. The summed E-state index contributed by atoms with van der Waals surface area (Å²) in [5.74, 6) is 1.52. The molecule has 1 nitrogen and oxygen atoms in total. The Balaban J connectivity index is 1.42. The molecule has 8 atom stereocenters. The van der Waals surface area contributed by atoms with Gasteiger partial charge in [-0.1, -0.05) is 13.8 Å². The van der Waals surface area contributed by atoms with Crippen molar-refractivity contribution in [3.8, 4) is 0 Å². The van der Waals surface area contributed by atoms with E-state index in [4.69, 9.17) is 0 Å². The fourth-order valence-corrected chi connectivity index (χ4v) is 8.64. The maximum atomic E-state index is 13.3. The van der Waals surface area contributed by atoms with Gasteiger partial charge in [0.25, 0.3) is 0 Å². The summed E-state index contributed by atoms with van der Waals surface area (Å²) in [6, 6.07) is 0. The summed E-state index contributed by atoms with van der Waals surface area (Å²) in [5.41, 5.74) is 0.327. The first kappa shape index (κ1) is 22.8. The third kappa shape index (κ3) is 3.92. The summed E-state index contributed by atoms with van der Waals surface area (Å²) < 4.78 is 69.0. The van der Waals surface area contributed by atoms with Crippen LogP contribution in [-0.2, 0) is 4.74 Å². The molecule has 0 spiro atoms. The van der Waals surface area contributed by atoms with Crippen LogP contribution in [0.3, 0.4) is 0 Å². The van der Waals surface area contributed by atoms with Crippen LogP contribution in [0.1, 0.15) is 84.5 Å². The molecule has 0 aromatic rings. The van der Waals surface area contributed by atoms with Crippen molar-refractivity contribution >= 4 is 0 Å². The topological polar surface area (TPSA) is 9.23 Å². The largest absolute Gasteiger partial charge is 0.391 e. The molecule has 0 bridgehead atoms. The summed E-state index contributed by atoms with van der Waals surface area (Å²) in [6.45, 7) is 2.16. The molecular formula is C24H37F5O. The third-order valence-corrected chi connectivity index (χ3v) is 10.3. The minimum Gasteiger partial charge on any atom is -0.323 e. The molecule has 0 aromatic heterocycles. The van der Waals surface area contributed by atoms with Gasteiger partial charge in [0.15, 0.2) is 0 Å². The van der Waals surface area contributed by atoms with Crippen molar-refractivity contribution in [2.45, 2.75) is 97.3 Å². The van der Waals surface area contributed by atoms with Crippen molar-refractivity contribution in [3.63, 3.8) is 0 Å². The van der Waals surface area contributed by atoms with E-state index in [1.54, 1.807) is 0 Å². The van der Waals surface area contributed by atoms with E-state index >= 15 is 0 Å². The van der Waals surface area contributed by atoms with Crippen LogP contribution in [0.15, 0.2) is 0 Å². The first-order valence-electron chi connectivity index (χ1n) is 12.0. The van der Waals surface area contributed by atoms with Gasteiger partial charge in [0.1, 0.15) is 0 Å². The number of fused-ring (bicyclic) bond motifs is 5. The molecule has 0 heterocycles. The number of halogens is 5. The Morgan fingerprint density at radius 3 is 2.30 bits per heavy atom. The number of hydrogen-bond acceptors (Lipinski definition) is 1. The highest BCUT2D eigenvalue weighted by atomic mass is 19.4. The summed E-state index contributed by atoms with van der Waals surface area (Å²) in [5, 5.41) is 0. The lowest BCUT2D eigenvalue weighted by atomic mass is 9.44. The zero-order chi connectivity index (χ0) is 21.7. The zero-order valence-corrected chi connectivity index (χ0v) is 18.3. The zero-order valence-electron chi connectivity index (χ0n) is 18.3. The first-order chi connectivity index (χ1) is 14.1. The fraction of sp³-hybridized carbons (Fsp3) is 1.00. The van der Waals surface area contributed by atoms with Crippen molar-refractivity contribution in [1.82, 2.24) is 0 Å². The Labute approximate surface area is 177 Å². The number of ether oxygens (including phenoxy) is 1. The van der Waals surface area contributed by atoms with Crippen LogP contribution in [0.25, 0.3) is 0 Å². The molecule has 0 aliphatic heterocycles. The molecular weight excluding hydrogens is 399 g/mol. The average molecular weight is 437 g/mol. The highest BCUT2D eigenvalue weighted by Gasteiger charge is 2.61. The summed E-state index contributed by atoms with van der Waals surface area (Å²) in [6.07, 6.45) is 5.60. The second kappa shape index (κ2) is 8.19. The lowest BCUT2D eigenvalue weighted by Gasteiger charge is -2.61. The number of hydrogen-bond donors (Lipinski definition) is 0. The number of rotatable bonds is 5. The molecule has 4 saturated carbocycles. The highest BCUT2D eigenvalue weighted by Crippen LogP contribution is 2.68. The lowest BCUT2D eigenvalue weighted by Crippen LogP contribution is -2.54. The molecule has 8 unspecified atom stereocenters. The Bertz CT molecular complexity index is 607. The predicted molar refractivity (Wildman–Crippen MR) is 106 cm³/mol. The van der Waals surface area contributed by atoms with Gasteiger partial charge in [-0.15, -0.1) is 0 Å². The van der Waals surface area contributed by atoms with Gasteiger partial charge in [-0.3, -0.25) is 0 Å². The van der Waals surface area contributed by atoms with Crippen molar-refractivity contribution in [2.24, 2.45) is 46.3 Å². The van der Waals surface area contributed by atoms with E-state index < -0.39 is 18.7 Å². The van der Waals surface area contributed by atoms with E-state index in [1.165, 1.54) is 6.42 Å². The highest BCUT2D eigenvalue weighted by molar-refractivity contribution is 5.09. The summed E-state index contributed by atoms with van der Waals surface area (Å²) in [7, 11) is 0. The second-order valence-electron chi connectivity index (χ2n) is 11.3. The predicted octanol–water partition coefficient (Wildman–Crippen LogP) is 7.84. The van der Waals surface area contributed by atoms with Crippen LogP contribution in [0.2, 0.25) is 0 Å². The summed E-state index contributed by atoms with van der Waals surface area (Å²) in [4.78, 5) is 0. The van der Waals surface area contributed by atoms with Gasteiger partial charge in [-0.05, 0) is 111 Å². The van der Waals surface area contributed by atoms with Crippen molar-refractivity contribution in [3.05, 3.63) is 0 Å². The van der Waals surface area contributed by atoms with Crippen molar-refractivity contribution in [1.29, 1.82) is 0 Å². The molecule has 0 aromatic carbocycles. The molecule has 4 aliphatic rings. The van der Waals surface area contributed by atoms with Gasteiger partial charge < -0.3 is 4.74 Å². The van der Waals surface area contributed by atoms with Crippen LogP contribution in [0, 0.1) is 46.3 Å². The van der Waals surface area contributed by atoms with Gasteiger partial charge in [0, 0.05) is 0 Å². The van der Waals surface area contributed by atoms with Crippen LogP contribution in [-0.4, -0.2) is 19.4 Å². The van der Waals surface area contributed by atoms with Crippen molar-refractivity contribution in [2.75, 3.05) is 6.61 Å². The Morgan fingerprint density at radius 2 is 1.60 bits per heavy atom. The van der Waals surface area contributed by atoms with Gasteiger partial charge in [0.05, 0.1) is 12.5 Å². The molecule has 0 saturated heterocycles. The van der Waals surface area contributed by atoms with Crippen LogP contribution in [0.4, 0.5) is 22.0 Å². The molecule has 30 heavy (non-hydrogen) atoms. The molecule has 0 radical (unpaired) electrons. The van der Waals surface area contributed by atoms with Crippen molar-refractivity contribution < 1.29 is 26.7 Å². The monoisotopic (exact) mass is 436 g/mol. The Hall–Kier alpha value is -0.390. The van der Waals surface area contributed by atoms with E-state index in [2.05, 4.69) is 18.6 Å². The third-order valence-electron chi connectivity index (χ3n) is 10.3. The molecule has 4 aliphatic carbocycles. The van der Waals surface area contributed by atoms with Gasteiger partial charge >= 0.3 is 12.8 Å². The van der Waals surface area contributed by atoms with E-state index in [-0.39, 0.29) is 23.4 Å². The van der Waals surface area contributed by atoms with E-state index in [0.29, 0.717) is 42.9 Å². The van der Waals surface area contributed by atoms with Gasteiger partial charge in [0.2, 0.25) is 0 Å². The van der Waals surface area contributed by atoms with E-state index in [9.17, 15) is 22.0 Å². The SMILES string of the molecule is CC12CCC3C(CCC4CC(C(F)(F)F)CCC43C)C1CCC2CCCOC(F)F. The molecule has 4 rings (SSSR count). The standard InChI is InChI=1S/C24H37F5O/c1-22-12-10-20-18(19(22)8-6-15(22)4-3-13-30-21(25)26)7-5-16-14-17(24(27,28)29)9-11-23(16,20)2/h15-21H,3-14H2,1-2H3. The summed E-state index contributed by atoms with van der Waals surface area (Å²) >= 11 is 0.